The number of aliphatic hydroxyl groups is 1. The Balaban J connectivity index is 2.30. The van der Waals surface area contributed by atoms with Crippen LogP contribution in [0.15, 0.2) is 23.1 Å². The van der Waals surface area contributed by atoms with Crippen molar-refractivity contribution in [1.82, 2.24) is 4.72 Å². The fourth-order valence-corrected chi connectivity index (χ4v) is 3.26. The Morgan fingerprint density at radius 3 is 2.60 bits per heavy atom. The second-order valence-corrected chi connectivity index (χ2v) is 6.48. The number of nitrogens with one attached hydrogen (secondary N) is 1. The molecule has 1 aromatic carbocycles. The Morgan fingerprint density at radius 2 is 2.10 bits per heavy atom. The van der Waals surface area contributed by atoms with Crippen LogP contribution in [0.4, 0.5) is 10.1 Å². The first-order valence-electron chi connectivity index (χ1n) is 5.90. The molecule has 0 spiro atoms. The number of nitro benzene ring substituents is 1. The number of benzene rings is 1. The van der Waals surface area contributed by atoms with Crippen LogP contribution in [0.1, 0.15) is 19.3 Å². The highest BCUT2D eigenvalue weighted by Gasteiger charge is 2.37. The molecule has 2 N–H and O–H groups in total. The van der Waals surface area contributed by atoms with Crippen LogP contribution in [0.25, 0.3) is 0 Å². The van der Waals surface area contributed by atoms with E-state index in [1.807, 2.05) is 0 Å². The van der Waals surface area contributed by atoms with Gasteiger partial charge in [-0.3, -0.25) is 10.1 Å². The lowest BCUT2D eigenvalue weighted by Gasteiger charge is -2.36. The molecule has 1 fully saturated rings. The molecule has 1 aliphatic carbocycles. The lowest BCUT2D eigenvalue weighted by Crippen LogP contribution is -2.47. The largest absolute Gasteiger partial charge is 0.389 e. The zero-order valence-electron chi connectivity index (χ0n) is 10.4. The van der Waals surface area contributed by atoms with Crippen LogP contribution in [-0.2, 0) is 10.0 Å². The summed E-state index contributed by atoms with van der Waals surface area (Å²) < 4.78 is 39.5. The van der Waals surface area contributed by atoms with Crippen LogP contribution in [0.3, 0.4) is 0 Å². The van der Waals surface area contributed by atoms with Crippen LogP contribution in [-0.4, -0.2) is 30.6 Å². The fourth-order valence-electron chi connectivity index (χ4n) is 1.96. The summed E-state index contributed by atoms with van der Waals surface area (Å²) in [7, 11) is -4.26. The molecule has 1 saturated carbocycles. The van der Waals surface area contributed by atoms with Crippen molar-refractivity contribution in [3.05, 3.63) is 34.1 Å². The number of nitro groups is 1. The molecule has 2 rings (SSSR count). The minimum atomic E-state index is -4.26. The van der Waals surface area contributed by atoms with Crippen molar-refractivity contribution < 1.29 is 22.8 Å². The first kappa shape index (κ1) is 14.8. The lowest BCUT2D eigenvalue weighted by atomic mass is 9.81. The van der Waals surface area contributed by atoms with E-state index in [0.717, 1.165) is 24.6 Å². The third-order valence-corrected chi connectivity index (χ3v) is 4.73. The van der Waals surface area contributed by atoms with E-state index in [1.165, 1.54) is 0 Å². The summed E-state index contributed by atoms with van der Waals surface area (Å²) in [6.45, 7) is -0.247. The van der Waals surface area contributed by atoms with Crippen molar-refractivity contribution >= 4 is 15.7 Å². The Morgan fingerprint density at radius 1 is 1.45 bits per heavy atom. The highest BCUT2D eigenvalue weighted by atomic mass is 32.2. The van der Waals surface area contributed by atoms with E-state index in [9.17, 15) is 28.0 Å². The van der Waals surface area contributed by atoms with Gasteiger partial charge in [-0.05, 0) is 31.4 Å². The van der Waals surface area contributed by atoms with Crippen LogP contribution in [0.2, 0.25) is 0 Å². The molecule has 9 heteroatoms. The molecule has 0 amide bonds. The van der Waals surface area contributed by atoms with Crippen molar-refractivity contribution in [2.45, 2.75) is 29.8 Å². The molecule has 110 valence electrons. The molecule has 0 atom stereocenters. The normalized spacial score (nSPS) is 17.5. The van der Waals surface area contributed by atoms with Crippen molar-refractivity contribution in [3.63, 3.8) is 0 Å². The minimum absolute atomic E-state index is 0.247. The van der Waals surface area contributed by atoms with Crippen molar-refractivity contribution in [3.8, 4) is 0 Å². The van der Waals surface area contributed by atoms with Gasteiger partial charge in [-0.25, -0.2) is 13.1 Å². The molecule has 0 aliphatic heterocycles. The maximum absolute atomic E-state index is 13.4. The molecular formula is C11H13FN2O5S. The van der Waals surface area contributed by atoms with Gasteiger partial charge in [0.1, 0.15) is 0 Å². The standard InChI is InChI=1S/C11H13FN2O5S/c12-8-3-1-4-9(10(8)14(16)17)20(18,19)13-7-11(15)5-2-6-11/h1,3-4,13,15H,2,5-7H2. The molecule has 1 aromatic rings. The Bertz CT molecular complexity index is 642. The molecule has 0 radical (unpaired) electrons. The summed E-state index contributed by atoms with van der Waals surface area (Å²) in [5, 5.41) is 20.6. The Kier molecular flexibility index (Phi) is 3.76. The van der Waals surface area contributed by atoms with Gasteiger partial charge < -0.3 is 5.11 Å². The molecule has 7 nitrogen and oxygen atoms in total. The lowest BCUT2D eigenvalue weighted by molar-refractivity contribution is -0.390. The summed E-state index contributed by atoms with van der Waals surface area (Å²) in [6, 6.07) is 2.85. The zero-order valence-corrected chi connectivity index (χ0v) is 11.2. The number of hydrogen-bond donors (Lipinski definition) is 2. The maximum atomic E-state index is 13.4. The van der Waals surface area contributed by atoms with Gasteiger partial charge >= 0.3 is 5.69 Å². The summed E-state index contributed by atoms with van der Waals surface area (Å²) in [6.07, 6.45) is 1.71. The average molecular weight is 304 g/mol. The van der Waals surface area contributed by atoms with E-state index >= 15 is 0 Å². The second kappa shape index (κ2) is 5.08. The van der Waals surface area contributed by atoms with E-state index in [4.69, 9.17) is 0 Å². The van der Waals surface area contributed by atoms with E-state index in [2.05, 4.69) is 4.72 Å². The summed E-state index contributed by atoms with van der Waals surface area (Å²) in [4.78, 5) is 8.96. The van der Waals surface area contributed by atoms with Gasteiger partial charge in [-0.1, -0.05) is 6.07 Å². The van der Waals surface area contributed by atoms with Gasteiger partial charge in [-0.15, -0.1) is 0 Å². The van der Waals surface area contributed by atoms with E-state index in [1.54, 1.807) is 0 Å². The number of hydrogen-bond acceptors (Lipinski definition) is 5. The zero-order chi connectivity index (χ0) is 15.0. The molecule has 0 aromatic heterocycles. The number of para-hydroxylation sites is 1. The van der Waals surface area contributed by atoms with Crippen LogP contribution in [0, 0.1) is 15.9 Å². The van der Waals surface area contributed by atoms with Gasteiger partial charge in [0, 0.05) is 6.54 Å². The number of rotatable bonds is 5. The molecule has 1 aliphatic rings. The smallest absolute Gasteiger partial charge is 0.324 e. The quantitative estimate of drug-likeness (QED) is 0.621. The third kappa shape index (κ3) is 2.79. The van der Waals surface area contributed by atoms with Gasteiger partial charge in [-0.2, -0.15) is 4.39 Å². The SMILES string of the molecule is O=[N+]([O-])c1c(F)cccc1S(=O)(=O)NCC1(O)CCC1. The van der Waals surface area contributed by atoms with E-state index in [0.29, 0.717) is 12.8 Å². The van der Waals surface area contributed by atoms with Gasteiger partial charge in [0.2, 0.25) is 15.8 Å². The first-order valence-corrected chi connectivity index (χ1v) is 7.38. The predicted molar refractivity (Wildman–Crippen MR) is 67.0 cm³/mol. The van der Waals surface area contributed by atoms with Crippen molar-refractivity contribution in [1.29, 1.82) is 0 Å². The van der Waals surface area contributed by atoms with Crippen LogP contribution in [0.5, 0.6) is 0 Å². The van der Waals surface area contributed by atoms with Gasteiger partial charge in [0.25, 0.3) is 0 Å². The second-order valence-electron chi connectivity index (χ2n) is 4.75. The average Bonchev–Trinajstić information content (AvgIpc) is 2.33. The molecule has 0 saturated heterocycles. The third-order valence-electron chi connectivity index (χ3n) is 3.30. The van der Waals surface area contributed by atoms with E-state index in [-0.39, 0.29) is 6.54 Å². The number of halogens is 1. The Labute approximate surface area is 114 Å². The minimum Gasteiger partial charge on any atom is -0.389 e. The van der Waals surface area contributed by atoms with Crippen LogP contribution >= 0.6 is 0 Å². The molecule has 0 heterocycles. The van der Waals surface area contributed by atoms with E-state index < -0.39 is 36.9 Å². The predicted octanol–water partition coefficient (Wildman–Crippen LogP) is 0.927. The fraction of sp³-hybridized carbons (Fsp3) is 0.455. The topological polar surface area (TPSA) is 110 Å². The maximum Gasteiger partial charge on any atom is 0.324 e. The Hall–Kier alpha value is -1.58. The van der Waals surface area contributed by atoms with Gasteiger partial charge in [0.15, 0.2) is 4.90 Å². The number of nitrogens with zero attached hydrogens (tertiary/aromatic N) is 1. The molecular weight excluding hydrogens is 291 g/mol. The molecule has 0 bridgehead atoms. The first-order chi connectivity index (χ1) is 9.25. The summed E-state index contributed by atoms with van der Waals surface area (Å²) in [5.74, 6) is -1.22. The van der Waals surface area contributed by atoms with Gasteiger partial charge in [0.05, 0.1) is 10.5 Å². The summed E-state index contributed by atoms with van der Waals surface area (Å²) >= 11 is 0. The van der Waals surface area contributed by atoms with Crippen LogP contribution < -0.4 is 4.72 Å². The molecule has 0 unspecified atom stereocenters. The molecule has 20 heavy (non-hydrogen) atoms. The number of sulfonamides is 1. The monoisotopic (exact) mass is 304 g/mol. The highest BCUT2D eigenvalue weighted by molar-refractivity contribution is 7.89. The highest BCUT2D eigenvalue weighted by Crippen LogP contribution is 2.32. The summed E-state index contributed by atoms with van der Waals surface area (Å²) in [5.41, 5.74) is -2.21. The van der Waals surface area contributed by atoms with Crippen molar-refractivity contribution in [2.24, 2.45) is 0 Å². The van der Waals surface area contributed by atoms with Crippen molar-refractivity contribution in [2.75, 3.05) is 6.54 Å².